The first-order chi connectivity index (χ1) is 15.2. The Balaban J connectivity index is 1.51. The Bertz CT molecular complexity index is 953. The molecular weight excluding hydrogens is 406 g/mol. The van der Waals surface area contributed by atoms with Gasteiger partial charge < -0.3 is 19.9 Å². The zero-order valence-corrected chi connectivity index (χ0v) is 19.4. The molecule has 1 aromatic heterocycles. The summed E-state index contributed by atoms with van der Waals surface area (Å²) in [5.41, 5.74) is 3.01. The van der Waals surface area contributed by atoms with Crippen LogP contribution in [0, 0.1) is 6.92 Å². The van der Waals surface area contributed by atoms with E-state index < -0.39 is 0 Å². The minimum atomic E-state index is 0.477. The fraction of sp³-hybridized carbons (Fsp3) is 0.440. The van der Waals surface area contributed by atoms with E-state index in [4.69, 9.17) is 21.5 Å². The Morgan fingerprint density at radius 1 is 1.00 bits per heavy atom. The van der Waals surface area contributed by atoms with Crippen molar-refractivity contribution in [3.8, 4) is 5.75 Å². The summed E-state index contributed by atoms with van der Waals surface area (Å²) >= 11 is 5.45. The maximum atomic E-state index is 6.08. The summed E-state index contributed by atoms with van der Waals surface area (Å²) in [7, 11) is 0. The molecule has 0 aliphatic heterocycles. The molecule has 0 aliphatic carbocycles. The lowest BCUT2D eigenvalue weighted by Crippen LogP contribution is -2.29. The van der Waals surface area contributed by atoms with Gasteiger partial charge in [0.25, 0.3) is 0 Å². The third-order valence-electron chi connectivity index (χ3n) is 5.27. The van der Waals surface area contributed by atoms with Crippen LogP contribution in [-0.4, -0.2) is 16.8 Å². The molecule has 3 aromatic rings. The average Bonchev–Trinajstić information content (AvgIpc) is 3.18. The minimum Gasteiger partial charge on any atom is -0.488 e. The summed E-state index contributed by atoms with van der Waals surface area (Å²) in [6, 6.07) is 14.0. The van der Waals surface area contributed by atoms with Gasteiger partial charge in [0.1, 0.15) is 17.7 Å². The maximum Gasteiger partial charge on any atom is 0.187 e. The first kappa shape index (κ1) is 23.1. The normalized spacial score (nSPS) is 10.9. The Morgan fingerprint density at radius 2 is 1.74 bits per heavy atom. The number of hydrogen-bond acceptors (Lipinski definition) is 4. The molecule has 166 valence electrons. The smallest absolute Gasteiger partial charge is 0.187 e. The monoisotopic (exact) mass is 439 g/mol. The Labute approximate surface area is 190 Å². The van der Waals surface area contributed by atoms with Crippen LogP contribution in [0.4, 0.5) is 5.82 Å². The predicted molar refractivity (Wildman–Crippen MR) is 132 cm³/mol. The second-order valence-corrected chi connectivity index (χ2v) is 8.35. The van der Waals surface area contributed by atoms with Crippen molar-refractivity contribution in [1.82, 2.24) is 10.5 Å². The van der Waals surface area contributed by atoms with Gasteiger partial charge in [0.2, 0.25) is 0 Å². The van der Waals surface area contributed by atoms with Gasteiger partial charge in [0, 0.05) is 6.54 Å². The molecule has 1 heterocycles. The number of fused-ring (bicyclic) bond motifs is 1. The number of aromatic nitrogens is 1. The molecule has 0 saturated heterocycles. The number of hydrogen-bond donors (Lipinski definition) is 2. The Hall–Kier alpha value is -2.60. The van der Waals surface area contributed by atoms with Crippen LogP contribution >= 0.6 is 12.2 Å². The molecule has 0 bridgehead atoms. The molecule has 0 fully saturated rings. The number of unbranched alkanes of at least 4 members (excludes halogenated alkanes) is 6. The third-order valence-corrected chi connectivity index (χ3v) is 5.52. The predicted octanol–water partition coefficient (Wildman–Crippen LogP) is 6.75. The summed E-state index contributed by atoms with van der Waals surface area (Å²) < 4.78 is 11.5. The van der Waals surface area contributed by atoms with Crippen LogP contribution in [0.5, 0.6) is 5.75 Å². The van der Waals surface area contributed by atoms with Crippen LogP contribution < -0.4 is 15.4 Å². The van der Waals surface area contributed by atoms with Crippen molar-refractivity contribution in [2.45, 2.75) is 65.4 Å². The molecule has 0 saturated carbocycles. The molecule has 2 aromatic carbocycles. The van der Waals surface area contributed by atoms with E-state index in [-0.39, 0.29) is 0 Å². The fourth-order valence-electron chi connectivity index (χ4n) is 3.45. The number of aryl methyl sites for hydroxylation is 1. The van der Waals surface area contributed by atoms with Crippen molar-refractivity contribution in [2.24, 2.45) is 0 Å². The summed E-state index contributed by atoms with van der Waals surface area (Å²) in [6.07, 6.45) is 8.93. The quantitative estimate of drug-likeness (QED) is 0.240. The molecule has 6 heteroatoms. The highest BCUT2D eigenvalue weighted by molar-refractivity contribution is 7.80. The lowest BCUT2D eigenvalue weighted by atomic mass is 10.1. The first-order valence-electron chi connectivity index (χ1n) is 11.3. The van der Waals surface area contributed by atoms with Crippen LogP contribution in [0.15, 0.2) is 47.0 Å². The van der Waals surface area contributed by atoms with E-state index in [1.54, 1.807) is 0 Å². The van der Waals surface area contributed by atoms with E-state index in [0.717, 1.165) is 29.7 Å². The van der Waals surface area contributed by atoms with Crippen molar-refractivity contribution in [1.29, 1.82) is 0 Å². The van der Waals surface area contributed by atoms with Crippen molar-refractivity contribution < 1.29 is 9.26 Å². The van der Waals surface area contributed by atoms with E-state index in [2.05, 4.69) is 53.9 Å². The molecule has 5 nitrogen and oxygen atoms in total. The van der Waals surface area contributed by atoms with E-state index >= 15 is 0 Å². The molecule has 0 atom stereocenters. The molecule has 0 amide bonds. The SMILES string of the molecule is CCCCCCCCCNC(=S)Nc1noc2cccc(OCc3ccc(C)cc3)c12. The number of benzene rings is 2. The van der Waals surface area contributed by atoms with Gasteiger partial charge in [0.05, 0.1) is 0 Å². The van der Waals surface area contributed by atoms with Crippen LogP contribution in [0.3, 0.4) is 0 Å². The number of ether oxygens (including phenoxy) is 1. The van der Waals surface area contributed by atoms with E-state index in [1.807, 2.05) is 18.2 Å². The molecule has 0 unspecified atom stereocenters. The summed E-state index contributed by atoms with van der Waals surface area (Å²) in [6.45, 7) is 5.65. The third kappa shape index (κ3) is 7.24. The minimum absolute atomic E-state index is 0.477. The summed E-state index contributed by atoms with van der Waals surface area (Å²) in [5.74, 6) is 1.29. The maximum absolute atomic E-state index is 6.08. The van der Waals surface area contributed by atoms with Gasteiger partial charge in [0.15, 0.2) is 16.5 Å². The molecule has 31 heavy (non-hydrogen) atoms. The number of nitrogens with zero attached hydrogens (tertiary/aromatic N) is 1. The largest absolute Gasteiger partial charge is 0.488 e. The van der Waals surface area contributed by atoms with E-state index in [0.29, 0.717) is 23.1 Å². The summed E-state index contributed by atoms with van der Waals surface area (Å²) in [5, 5.41) is 11.9. The Morgan fingerprint density at radius 3 is 2.52 bits per heavy atom. The van der Waals surface area contributed by atoms with Crippen molar-refractivity contribution >= 4 is 34.1 Å². The second kappa shape index (κ2) is 12.3. The van der Waals surface area contributed by atoms with E-state index in [1.165, 1.54) is 44.1 Å². The fourth-order valence-corrected chi connectivity index (χ4v) is 3.65. The highest BCUT2D eigenvalue weighted by atomic mass is 32.1. The molecule has 0 radical (unpaired) electrons. The number of thiocarbonyl (C=S) groups is 1. The number of rotatable bonds is 12. The number of nitrogens with one attached hydrogen (secondary N) is 2. The summed E-state index contributed by atoms with van der Waals surface area (Å²) in [4.78, 5) is 0. The van der Waals surface area contributed by atoms with Crippen molar-refractivity contribution in [3.63, 3.8) is 0 Å². The lowest BCUT2D eigenvalue weighted by Gasteiger charge is -2.10. The van der Waals surface area contributed by atoms with Crippen LogP contribution in [0.25, 0.3) is 11.0 Å². The zero-order valence-electron chi connectivity index (χ0n) is 18.6. The van der Waals surface area contributed by atoms with Crippen molar-refractivity contribution in [2.75, 3.05) is 11.9 Å². The van der Waals surface area contributed by atoms with Gasteiger partial charge in [-0.15, -0.1) is 0 Å². The molecule has 0 aliphatic rings. The molecule has 0 spiro atoms. The van der Waals surface area contributed by atoms with Gasteiger partial charge in [-0.1, -0.05) is 86.5 Å². The standard InChI is InChI=1S/C25H33N3O2S/c1-3-4-5-6-7-8-9-17-26-25(31)27-24-23-21(11-10-12-22(23)30-28-24)29-18-20-15-13-19(2)14-16-20/h10-16H,3-9,17-18H2,1-2H3,(H2,26,27,28,31). The van der Waals surface area contributed by atoms with Gasteiger partial charge in [-0.2, -0.15) is 0 Å². The highest BCUT2D eigenvalue weighted by Gasteiger charge is 2.15. The van der Waals surface area contributed by atoms with Crippen LogP contribution in [-0.2, 0) is 6.61 Å². The zero-order chi connectivity index (χ0) is 21.9. The molecule has 2 N–H and O–H groups in total. The Kier molecular flexibility index (Phi) is 9.16. The second-order valence-electron chi connectivity index (χ2n) is 7.94. The van der Waals surface area contributed by atoms with Gasteiger partial charge in [-0.05, 0) is 43.3 Å². The average molecular weight is 440 g/mol. The van der Waals surface area contributed by atoms with E-state index in [9.17, 15) is 0 Å². The molecule has 3 rings (SSSR count). The highest BCUT2D eigenvalue weighted by Crippen LogP contribution is 2.32. The van der Waals surface area contributed by atoms with Gasteiger partial charge in [-0.3, -0.25) is 0 Å². The topological polar surface area (TPSA) is 59.3 Å². The van der Waals surface area contributed by atoms with Crippen LogP contribution in [0.2, 0.25) is 0 Å². The lowest BCUT2D eigenvalue weighted by molar-refractivity contribution is 0.310. The van der Waals surface area contributed by atoms with Gasteiger partial charge >= 0.3 is 0 Å². The van der Waals surface area contributed by atoms with Crippen LogP contribution in [0.1, 0.15) is 63.0 Å². The van der Waals surface area contributed by atoms with Crippen molar-refractivity contribution in [3.05, 3.63) is 53.6 Å². The van der Waals surface area contributed by atoms with Gasteiger partial charge in [-0.25, -0.2) is 0 Å². The molecular formula is C25H33N3O2S. The number of anilines is 1. The first-order valence-corrected chi connectivity index (χ1v) is 11.7.